The van der Waals surface area contributed by atoms with Gasteiger partial charge in [-0.1, -0.05) is 0 Å². The summed E-state index contributed by atoms with van der Waals surface area (Å²) < 4.78 is 25.7. The lowest BCUT2D eigenvalue weighted by atomic mass is 9.90. The Labute approximate surface area is 102 Å². The second-order valence-electron chi connectivity index (χ2n) is 5.86. The van der Waals surface area contributed by atoms with Gasteiger partial charge in [0.1, 0.15) is 0 Å². The van der Waals surface area contributed by atoms with E-state index >= 15 is 0 Å². The lowest BCUT2D eigenvalue weighted by Crippen LogP contribution is -2.41. The minimum atomic E-state index is -2.56. The van der Waals surface area contributed by atoms with Crippen LogP contribution < -0.4 is 0 Å². The third-order valence-corrected chi connectivity index (χ3v) is 4.22. The highest BCUT2D eigenvalue weighted by Crippen LogP contribution is 2.49. The maximum absolute atomic E-state index is 12.9. The van der Waals surface area contributed by atoms with Gasteiger partial charge in [0.25, 0.3) is 5.92 Å². The van der Waals surface area contributed by atoms with Crippen molar-refractivity contribution in [2.24, 2.45) is 17.8 Å². The molecule has 4 heteroatoms. The molecule has 0 spiro atoms. The minimum Gasteiger partial charge on any atom is -0.396 e. The van der Waals surface area contributed by atoms with Gasteiger partial charge in [-0.2, -0.15) is 0 Å². The van der Waals surface area contributed by atoms with Crippen LogP contribution in [0.4, 0.5) is 8.78 Å². The Bertz CT molecular complexity index is 246. The fraction of sp³-hybridized carbons (Fsp3) is 1.00. The quantitative estimate of drug-likeness (QED) is 0.806. The van der Waals surface area contributed by atoms with Crippen LogP contribution in [0, 0.1) is 17.8 Å². The number of aliphatic hydroxyl groups excluding tert-OH is 1. The van der Waals surface area contributed by atoms with Crippen molar-refractivity contribution < 1.29 is 13.9 Å². The topological polar surface area (TPSA) is 23.5 Å². The van der Waals surface area contributed by atoms with Gasteiger partial charge in [-0.05, 0) is 56.5 Å². The van der Waals surface area contributed by atoms with Gasteiger partial charge in [0.05, 0.1) is 6.54 Å². The van der Waals surface area contributed by atoms with Crippen LogP contribution in [0.25, 0.3) is 0 Å². The molecule has 2 atom stereocenters. The third-order valence-electron chi connectivity index (χ3n) is 4.22. The van der Waals surface area contributed by atoms with Crippen molar-refractivity contribution in [1.29, 1.82) is 0 Å². The van der Waals surface area contributed by atoms with Gasteiger partial charge in [-0.25, -0.2) is 8.78 Å². The van der Waals surface area contributed by atoms with E-state index in [1.54, 1.807) is 0 Å². The zero-order valence-electron chi connectivity index (χ0n) is 10.5. The molecule has 1 N–H and O–H groups in total. The second kappa shape index (κ2) is 5.19. The highest BCUT2D eigenvalue weighted by atomic mass is 19.3. The van der Waals surface area contributed by atoms with E-state index in [9.17, 15) is 8.78 Å². The predicted molar refractivity (Wildman–Crippen MR) is 63.1 cm³/mol. The molecule has 2 aliphatic rings. The molecule has 0 bridgehead atoms. The number of alkyl halides is 2. The average molecular weight is 247 g/mol. The number of rotatable bonds is 5. The summed E-state index contributed by atoms with van der Waals surface area (Å²) in [7, 11) is 0. The van der Waals surface area contributed by atoms with Crippen molar-refractivity contribution in [1.82, 2.24) is 4.90 Å². The molecule has 100 valence electrons. The maximum Gasteiger partial charge on any atom is 0.257 e. The van der Waals surface area contributed by atoms with Crippen molar-refractivity contribution >= 4 is 0 Å². The number of likely N-dealkylation sites (tertiary alicyclic amines) is 1. The molecule has 2 fully saturated rings. The Morgan fingerprint density at radius 1 is 1.29 bits per heavy atom. The highest BCUT2D eigenvalue weighted by Gasteiger charge is 2.43. The van der Waals surface area contributed by atoms with Crippen molar-refractivity contribution in [2.45, 2.75) is 38.5 Å². The molecule has 0 unspecified atom stereocenters. The second-order valence-corrected chi connectivity index (χ2v) is 5.86. The smallest absolute Gasteiger partial charge is 0.257 e. The third kappa shape index (κ3) is 3.88. The number of aliphatic hydroxyl groups is 1. The number of hydrogen-bond donors (Lipinski definition) is 1. The number of piperidine rings is 1. The van der Waals surface area contributed by atoms with Gasteiger partial charge in [0, 0.05) is 13.5 Å². The fourth-order valence-corrected chi connectivity index (χ4v) is 3.28. The van der Waals surface area contributed by atoms with Gasteiger partial charge >= 0.3 is 0 Å². The highest BCUT2D eigenvalue weighted by molar-refractivity contribution is 4.93. The largest absolute Gasteiger partial charge is 0.396 e. The van der Waals surface area contributed by atoms with E-state index in [0.29, 0.717) is 18.4 Å². The SMILES string of the molecule is CC(F)(F)CN1CCC([C@H]2C[C@H]2CCO)CC1. The molecule has 0 aromatic heterocycles. The zero-order valence-corrected chi connectivity index (χ0v) is 10.5. The van der Waals surface area contributed by atoms with E-state index in [0.717, 1.165) is 45.2 Å². The maximum atomic E-state index is 12.9. The Kier molecular flexibility index (Phi) is 4.03. The molecule has 1 saturated carbocycles. The first-order chi connectivity index (χ1) is 7.99. The molecule has 2 rings (SSSR count). The molecule has 0 aromatic carbocycles. The number of hydrogen-bond acceptors (Lipinski definition) is 2. The zero-order chi connectivity index (χ0) is 12.5. The van der Waals surface area contributed by atoms with Crippen molar-refractivity contribution in [3.63, 3.8) is 0 Å². The minimum absolute atomic E-state index is 0.0928. The van der Waals surface area contributed by atoms with Crippen LogP contribution in [0.1, 0.15) is 32.6 Å². The van der Waals surface area contributed by atoms with Crippen LogP contribution in [-0.2, 0) is 0 Å². The van der Waals surface area contributed by atoms with Gasteiger partial charge in [-0.15, -0.1) is 0 Å². The number of halogens is 2. The van der Waals surface area contributed by atoms with E-state index in [1.165, 1.54) is 6.42 Å². The summed E-state index contributed by atoms with van der Waals surface area (Å²) in [5.41, 5.74) is 0. The first-order valence-electron chi connectivity index (χ1n) is 6.70. The number of nitrogens with zero attached hydrogens (tertiary/aromatic N) is 1. The van der Waals surface area contributed by atoms with E-state index in [-0.39, 0.29) is 6.54 Å². The van der Waals surface area contributed by atoms with Gasteiger partial charge in [-0.3, -0.25) is 4.90 Å². The molecule has 17 heavy (non-hydrogen) atoms. The Balaban J connectivity index is 1.69. The van der Waals surface area contributed by atoms with Gasteiger partial charge < -0.3 is 5.11 Å². The molecular weight excluding hydrogens is 224 g/mol. The van der Waals surface area contributed by atoms with Crippen LogP contribution in [0.3, 0.4) is 0 Å². The van der Waals surface area contributed by atoms with Gasteiger partial charge in [0.2, 0.25) is 0 Å². The average Bonchev–Trinajstić information content (AvgIpc) is 2.96. The molecular formula is C13H23F2NO. The fourth-order valence-electron chi connectivity index (χ4n) is 3.28. The van der Waals surface area contributed by atoms with Gasteiger partial charge in [0.15, 0.2) is 0 Å². The summed E-state index contributed by atoms with van der Waals surface area (Å²) in [6.45, 7) is 2.83. The Morgan fingerprint density at radius 3 is 2.47 bits per heavy atom. The van der Waals surface area contributed by atoms with Crippen LogP contribution in [0.15, 0.2) is 0 Å². The van der Waals surface area contributed by atoms with Crippen molar-refractivity contribution in [3.05, 3.63) is 0 Å². The molecule has 0 radical (unpaired) electrons. The molecule has 1 saturated heterocycles. The molecule has 2 nitrogen and oxygen atoms in total. The first-order valence-corrected chi connectivity index (χ1v) is 6.70. The summed E-state index contributed by atoms with van der Waals surface area (Å²) in [4.78, 5) is 1.89. The summed E-state index contributed by atoms with van der Waals surface area (Å²) in [6, 6.07) is 0. The standard InChI is InChI=1S/C13H23F2NO/c1-13(14,15)9-16-5-2-10(3-6-16)12-8-11(12)4-7-17/h10-12,17H,2-9H2,1H3/t11-,12-/m1/s1. The predicted octanol–water partition coefficient (Wildman–Crippen LogP) is 2.37. The molecule has 0 amide bonds. The summed E-state index contributed by atoms with van der Waals surface area (Å²) in [5.74, 6) is -0.366. The summed E-state index contributed by atoms with van der Waals surface area (Å²) in [6.07, 6.45) is 4.29. The van der Waals surface area contributed by atoms with Crippen molar-refractivity contribution in [2.75, 3.05) is 26.2 Å². The summed E-state index contributed by atoms with van der Waals surface area (Å²) >= 11 is 0. The Hall–Kier alpha value is -0.220. The van der Waals surface area contributed by atoms with Crippen LogP contribution in [-0.4, -0.2) is 42.2 Å². The lowest BCUT2D eigenvalue weighted by Gasteiger charge is -2.33. The molecule has 1 aliphatic heterocycles. The molecule has 1 heterocycles. The molecule has 1 aliphatic carbocycles. The Morgan fingerprint density at radius 2 is 1.94 bits per heavy atom. The normalized spacial score (nSPS) is 31.8. The summed E-state index contributed by atoms with van der Waals surface area (Å²) in [5, 5.41) is 8.87. The van der Waals surface area contributed by atoms with Crippen LogP contribution in [0.2, 0.25) is 0 Å². The molecule has 0 aromatic rings. The monoisotopic (exact) mass is 247 g/mol. The lowest BCUT2D eigenvalue weighted by molar-refractivity contribution is -0.0232. The van der Waals surface area contributed by atoms with Crippen LogP contribution >= 0.6 is 0 Å². The van der Waals surface area contributed by atoms with E-state index in [2.05, 4.69) is 0 Å². The van der Waals surface area contributed by atoms with Crippen molar-refractivity contribution in [3.8, 4) is 0 Å². The van der Waals surface area contributed by atoms with E-state index < -0.39 is 5.92 Å². The van der Waals surface area contributed by atoms with Crippen LogP contribution in [0.5, 0.6) is 0 Å². The first kappa shape index (κ1) is 13.2. The van der Waals surface area contributed by atoms with E-state index in [4.69, 9.17) is 5.11 Å². The van der Waals surface area contributed by atoms with E-state index in [1.807, 2.05) is 4.90 Å².